The first-order chi connectivity index (χ1) is 8.86. The molecular formula is C14H17N3O. The summed E-state index contributed by atoms with van der Waals surface area (Å²) in [5.74, 6) is 3.52. The lowest BCUT2D eigenvalue weighted by molar-refractivity contribution is 0.409. The highest BCUT2D eigenvalue weighted by atomic mass is 16.5. The van der Waals surface area contributed by atoms with Crippen LogP contribution < -0.4 is 4.74 Å². The maximum atomic E-state index is 5.34. The molecule has 18 heavy (non-hydrogen) atoms. The molecule has 3 rings (SSSR count). The Morgan fingerprint density at radius 2 is 2.11 bits per heavy atom. The van der Waals surface area contributed by atoms with Crippen LogP contribution in [0, 0.1) is 0 Å². The van der Waals surface area contributed by atoms with Crippen LogP contribution in [0.4, 0.5) is 0 Å². The lowest BCUT2D eigenvalue weighted by atomic mass is 10.1. The zero-order chi connectivity index (χ0) is 12.4. The predicted octanol–water partition coefficient (Wildman–Crippen LogP) is 2.48. The molecule has 0 atom stereocenters. The molecule has 0 bridgehead atoms. The molecule has 0 radical (unpaired) electrons. The zero-order valence-corrected chi connectivity index (χ0v) is 10.5. The molecule has 4 heteroatoms. The monoisotopic (exact) mass is 243 g/mol. The summed E-state index contributed by atoms with van der Waals surface area (Å²) in [5.41, 5.74) is 1.21. The van der Waals surface area contributed by atoms with Crippen molar-refractivity contribution in [3.8, 4) is 5.75 Å². The van der Waals surface area contributed by atoms with Crippen LogP contribution in [0.2, 0.25) is 0 Å². The number of aromatic amines is 1. The predicted molar refractivity (Wildman–Crippen MR) is 68.8 cm³/mol. The van der Waals surface area contributed by atoms with Gasteiger partial charge in [0.25, 0.3) is 0 Å². The van der Waals surface area contributed by atoms with E-state index in [0.717, 1.165) is 30.2 Å². The van der Waals surface area contributed by atoms with E-state index in [-0.39, 0.29) is 0 Å². The van der Waals surface area contributed by atoms with Crippen LogP contribution in [0.15, 0.2) is 24.3 Å². The minimum Gasteiger partial charge on any atom is -0.496 e. The lowest BCUT2D eigenvalue weighted by Gasteiger charge is -2.06. The fourth-order valence-corrected chi connectivity index (χ4v) is 2.11. The van der Waals surface area contributed by atoms with Crippen LogP contribution in [-0.4, -0.2) is 22.3 Å². The molecule has 1 aromatic carbocycles. The molecule has 1 aromatic heterocycles. The van der Waals surface area contributed by atoms with Gasteiger partial charge in [0.1, 0.15) is 11.6 Å². The Morgan fingerprint density at radius 1 is 1.28 bits per heavy atom. The summed E-state index contributed by atoms with van der Waals surface area (Å²) >= 11 is 0. The third-order valence-corrected chi connectivity index (χ3v) is 3.32. The van der Waals surface area contributed by atoms with Crippen LogP contribution in [0.25, 0.3) is 0 Å². The minimum atomic E-state index is 0.612. The van der Waals surface area contributed by atoms with Crippen molar-refractivity contribution in [2.45, 2.75) is 31.6 Å². The highest BCUT2D eigenvalue weighted by Crippen LogP contribution is 2.37. The SMILES string of the molecule is COc1ccccc1CCc1nc(C2CC2)n[nH]1. The molecule has 1 saturated carbocycles. The van der Waals surface area contributed by atoms with Gasteiger partial charge in [-0.2, -0.15) is 5.10 Å². The van der Waals surface area contributed by atoms with Gasteiger partial charge in [0.2, 0.25) is 0 Å². The first-order valence-corrected chi connectivity index (χ1v) is 6.40. The Morgan fingerprint density at radius 3 is 2.89 bits per heavy atom. The number of H-pyrrole nitrogens is 1. The van der Waals surface area contributed by atoms with E-state index in [2.05, 4.69) is 21.2 Å². The van der Waals surface area contributed by atoms with Crippen LogP contribution in [-0.2, 0) is 12.8 Å². The molecule has 94 valence electrons. The van der Waals surface area contributed by atoms with Crippen LogP contribution >= 0.6 is 0 Å². The van der Waals surface area contributed by atoms with Gasteiger partial charge in [0.05, 0.1) is 7.11 Å². The van der Waals surface area contributed by atoms with Gasteiger partial charge in [0.15, 0.2) is 5.82 Å². The number of para-hydroxylation sites is 1. The van der Waals surface area contributed by atoms with E-state index in [1.807, 2.05) is 18.2 Å². The molecule has 0 amide bonds. The van der Waals surface area contributed by atoms with E-state index in [9.17, 15) is 0 Å². The Hall–Kier alpha value is -1.84. The van der Waals surface area contributed by atoms with Crippen LogP contribution in [0.3, 0.4) is 0 Å². The normalized spacial score (nSPS) is 14.7. The van der Waals surface area contributed by atoms with Crippen molar-refractivity contribution in [3.63, 3.8) is 0 Å². The fraction of sp³-hybridized carbons (Fsp3) is 0.429. The van der Waals surface area contributed by atoms with E-state index < -0.39 is 0 Å². The standard InChI is InChI=1S/C14H17N3O/c1-18-12-5-3-2-4-10(12)8-9-13-15-14(17-16-13)11-6-7-11/h2-5,11H,6-9H2,1H3,(H,15,16,17). The topological polar surface area (TPSA) is 50.8 Å². The second-order valence-electron chi connectivity index (χ2n) is 4.73. The van der Waals surface area contributed by atoms with Crippen LogP contribution in [0.1, 0.15) is 36.0 Å². The Kier molecular flexibility index (Phi) is 3.00. The molecule has 0 aliphatic heterocycles. The number of rotatable bonds is 5. The van der Waals surface area contributed by atoms with Crippen molar-refractivity contribution in [3.05, 3.63) is 41.5 Å². The summed E-state index contributed by atoms with van der Waals surface area (Å²) in [6.45, 7) is 0. The quantitative estimate of drug-likeness (QED) is 0.877. The number of ether oxygens (including phenoxy) is 1. The third kappa shape index (κ3) is 2.37. The second-order valence-corrected chi connectivity index (χ2v) is 4.73. The molecule has 1 N–H and O–H groups in total. The maximum absolute atomic E-state index is 5.34. The summed E-state index contributed by atoms with van der Waals surface area (Å²) in [6, 6.07) is 8.11. The average Bonchev–Trinajstić information content (AvgIpc) is 3.16. The van der Waals surface area contributed by atoms with Gasteiger partial charge >= 0.3 is 0 Å². The number of benzene rings is 1. The Bertz CT molecular complexity index is 531. The van der Waals surface area contributed by atoms with Crippen molar-refractivity contribution in [2.75, 3.05) is 7.11 Å². The summed E-state index contributed by atoms with van der Waals surface area (Å²) in [5, 5.41) is 7.30. The molecule has 4 nitrogen and oxygen atoms in total. The molecule has 1 heterocycles. The smallest absolute Gasteiger partial charge is 0.153 e. The molecule has 1 fully saturated rings. The number of aromatic nitrogens is 3. The summed E-state index contributed by atoms with van der Waals surface area (Å²) in [4.78, 5) is 4.54. The molecule has 0 saturated heterocycles. The molecule has 0 unspecified atom stereocenters. The minimum absolute atomic E-state index is 0.612. The molecule has 1 aliphatic rings. The van der Waals surface area contributed by atoms with E-state index >= 15 is 0 Å². The largest absolute Gasteiger partial charge is 0.496 e. The fourth-order valence-electron chi connectivity index (χ4n) is 2.11. The number of nitrogens with zero attached hydrogens (tertiary/aromatic N) is 2. The van der Waals surface area contributed by atoms with Gasteiger partial charge in [-0.15, -0.1) is 0 Å². The number of aryl methyl sites for hydroxylation is 2. The maximum Gasteiger partial charge on any atom is 0.153 e. The van der Waals surface area contributed by atoms with Crippen LogP contribution in [0.5, 0.6) is 5.75 Å². The van der Waals surface area contributed by atoms with E-state index in [1.54, 1.807) is 7.11 Å². The second kappa shape index (κ2) is 4.80. The summed E-state index contributed by atoms with van der Waals surface area (Å²) in [6.07, 6.45) is 4.27. The van der Waals surface area contributed by atoms with E-state index in [4.69, 9.17) is 4.74 Å². The molecule has 1 aliphatic carbocycles. The number of hydrogen-bond acceptors (Lipinski definition) is 3. The van der Waals surface area contributed by atoms with E-state index in [0.29, 0.717) is 5.92 Å². The van der Waals surface area contributed by atoms with Crippen molar-refractivity contribution < 1.29 is 4.74 Å². The lowest BCUT2D eigenvalue weighted by Crippen LogP contribution is -1.97. The van der Waals surface area contributed by atoms with Crippen molar-refractivity contribution in [1.82, 2.24) is 15.2 Å². The zero-order valence-electron chi connectivity index (χ0n) is 10.5. The summed E-state index contributed by atoms with van der Waals surface area (Å²) < 4.78 is 5.34. The molecule has 0 spiro atoms. The van der Waals surface area contributed by atoms with E-state index in [1.165, 1.54) is 18.4 Å². The number of methoxy groups -OCH3 is 1. The number of nitrogens with one attached hydrogen (secondary N) is 1. The number of hydrogen-bond donors (Lipinski definition) is 1. The van der Waals surface area contributed by atoms with Crippen molar-refractivity contribution in [1.29, 1.82) is 0 Å². The summed E-state index contributed by atoms with van der Waals surface area (Å²) in [7, 11) is 1.71. The highest BCUT2D eigenvalue weighted by Gasteiger charge is 2.27. The van der Waals surface area contributed by atoms with Gasteiger partial charge < -0.3 is 4.74 Å². The Balaban J connectivity index is 1.65. The third-order valence-electron chi connectivity index (χ3n) is 3.32. The Labute approximate surface area is 106 Å². The molecule has 2 aromatic rings. The van der Waals surface area contributed by atoms with Gasteiger partial charge in [0, 0.05) is 12.3 Å². The first kappa shape index (κ1) is 11.3. The van der Waals surface area contributed by atoms with Gasteiger partial charge in [-0.1, -0.05) is 18.2 Å². The van der Waals surface area contributed by atoms with Gasteiger partial charge in [-0.3, -0.25) is 5.10 Å². The van der Waals surface area contributed by atoms with Crippen molar-refractivity contribution in [2.24, 2.45) is 0 Å². The van der Waals surface area contributed by atoms with Gasteiger partial charge in [-0.25, -0.2) is 4.98 Å². The molecular weight excluding hydrogens is 226 g/mol. The average molecular weight is 243 g/mol. The highest BCUT2D eigenvalue weighted by molar-refractivity contribution is 5.33. The van der Waals surface area contributed by atoms with Crippen molar-refractivity contribution >= 4 is 0 Å². The van der Waals surface area contributed by atoms with Gasteiger partial charge in [-0.05, 0) is 30.9 Å². The first-order valence-electron chi connectivity index (χ1n) is 6.40.